The van der Waals surface area contributed by atoms with E-state index in [1.165, 1.54) is 40.5 Å². The summed E-state index contributed by atoms with van der Waals surface area (Å²) in [6, 6.07) is 6.49. The molecule has 4 nitrogen and oxygen atoms in total. The molecule has 0 spiro atoms. The summed E-state index contributed by atoms with van der Waals surface area (Å²) >= 11 is 0. The maximum atomic E-state index is 5.87. The molecule has 5 rings (SSSR count). The van der Waals surface area contributed by atoms with E-state index in [4.69, 9.17) is 9.72 Å². The fourth-order valence-corrected chi connectivity index (χ4v) is 3.81. The molecule has 0 saturated heterocycles. The quantitative estimate of drug-likeness (QED) is 0.733. The molecule has 1 aromatic carbocycles. The van der Waals surface area contributed by atoms with Crippen molar-refractivity contribution >= 4 is 22.5 Å². The second-order valence-electron chi connectivity index (χ2n) is 7.03. The summed E-state index contributed by atoms with van der Waals surface area (Å²) in [5.74, 6) is 2.57. The molecule has 2 N–H and O–H groups in total. The van der Waals surface area contributed by atoms with Gasteiger partial charge in [-0.1, -0.05) is 6.07 Å². The Kier molecular flexibility index (Phi) is 2.90. The van der Waals surface area contributed by atoms with Crippen LogP contribution in [0.1, 0.15) is 41.0 Å². The number of aromatic amines is 1. The first-order chi connectivity index (χ1) is 11.7. The first kappa shape index (κ1) is 13.9. The molecule has 4 heteroatoms. The molecule has 2 aromatic heterocycles. The lowest BCUT2D eigenvalue weighted by Crippen LogP contribution is -1.99. The molecule has 2 aliphatic rings. The van der Waals surface area contributed by atoms with E-state index in [1.54, 1.807) is 0 Å². The van der Waals surface area contributed by atoms with Gasteiger partial charge in [-0.05, 0) is 61.4 Å². The number of aromatic nitrogens is 2. The van der Waals surface area contributed by atoms with Gasteiger partial charge in [0.15, 0.2) is 0 Å². The van der Waals surface area contributed by atoms with Gasteiger partial charge in [0.25, 0.3) is 0 Å². The average molecular weight is 319 g/mol. The Morgan fingerprint density at radius 3 is 2.92 bits per heavy atom. The topological polar surface area (TPSA) is 49.9 Å². The van der Waals surface area contributed by atoms with Crippen molar-refractivity contribution in [1.82, 2.24) is 9.97 Å². The molecule has 1 fully saturated rings. The highest BCUT2D eigenvalue weighted by atomic mass is 16.5. The molecule has 1 aliphatic heterocycles. The van der Waals surface area contributed by atoms with Crippen LogP contribution in [0.2, 0.25) is 0 Å². The Balaban J connectivity index is 1.60. The van der Waals surface area contributed by atoms with Gasteiger partial charge in [0.05, 0.1) is 12.3 Å². The largest absolute Gasteiger partial charge is 0.491 e. The third-order valence-corrected chi connectivity index (χ3v) is 5.24. The maximum absolute atomic E-state index is 5.87. The Bertz CT molecular complexity index is 953. The van der Waals surface area contributed by atoms with Gasteiger partial charge in [0, 0.05) is 23.6 Å². The maximum Gasteiger partial charge on any atom is 0.146 e. The molecule has 0 bridgehead atoms. The molecule has 3 heterocycles. The van der Waals surface area contributed by atoms with Crippen molar-refractivity contribution in [2.45, 2.75) is 39.0 Å². The Hall–Kier alpha value is -2.49. The zero-order valence-electron chi connectivity index (χ0n) is 14.1. The predicted molar refractivity (Wildman–Crippen MR) is 96.5 cm³/mol. The highest BCUT2D eigenvalue weighted by molar-refractivity contribution is 5.87. The van der Waals surface area contributed by atoms with Crippen molar-refractivity contribution in [3.05, 3.63) is 46.6 Å². The van der Waals surface area contributed by atoms with E-state index < -0.39 is 0 Å². The SMILES string of the molecule is Cc1ccc(Nc2cc(C3CC3)c3c(C)c[nH]c3n2)c2c1CCO2. The molecule has 0 unspecified atom stereocenters. The van der Waals surface area contributed by atoms with Crippen molar-refractivity contribution in [3.8, 4) is 5.75 Å². The summed E-state index contributed by atoms with van der Waals surface area (Å²) in [5, 5.41) is 4.80. The van der Waals surface area contributed by atoms with Crippen LogP contribution in [0.4, 0.5) is 11.5 Å². The number of anilines is 2. The van der Waals surface area contributed by atoms with Crippen molar-refractivity contribution in [1.29, 1.82) is 0 Å². The molecular weight excluding hydrogens is 298 g/mol. The fourth-order valence-electron chi connectivity index (χ4n) is 3.81. The number of benzene rings is 1. The first-order valence-corrected chi connectivity index (χ1v) is 8.71. The van der Waals surface area contributed by atoms with Crippen LogP contribution >= 0.6 is 0 Å². The zero-order valence-corrected chi connectivity index (χ0v) is 14.1. The van der Waals surface area contributed by atoms with E-state index in [9.17, 15) is 0 Å². The Morgan fingerprint density at radius 2 is 2.08 bits per heavy atom. The summed E-state index contributed by atoms with van der Waals surface area (Å²) < 4.78 is 5.87. The van der Waals surface area contributed by atoms with E-state index in [1.807, 2.05) is 0 Å². The van der Waals surface area contributed by atoms with Gasteiger partial charge in [0.1, 0.15) is 17.2 Å². The van der Waals surface area contributed by atoms with E-state index in [-0.39, 0.29) is 0 Å². The minimum atomic E-state index is 0.686. The van der Waals surface area contributed by atoms with Crippen LogP contribution < -0.4 is 10.1 Å². The minimum Gasteiger partial charge on any atom is -0.491 e. The zero-order chi connectivity index (χ0) is 16.3. The molecule has 122 valence electrons. The van der Waals surface area contributed by atoms with Crippen LogP contribution in [0, 0.1) is 13.8 Å². The van der Waals surface area contributed by atoms with Crippen LogP contribution in [0.5, 0.6) is 5.75 Å². The molecule has 1 aliphatic carbocycles. The number of aryl methyl sites for hydroxylation is 2. The molecule has 0 radical (unpaired) electrons. The summed E-state index contributed by atoms with van der Waals surface area (Å²) in [6.45, 7) is 5.07. The number of nitrogens with one attached hydrogen (secondary N) is 2. The lowest BCUT2D eigenvalue weighted by Gasteiger charge is -2.13. The number of pyridine rings is 1. The number of nitrogens with zero attached hydrogens (tertiary/aromatic N) is 1. The highest BCUT2D eigenvalue weighted by Gasteiger charge is 2.27. The van der Waals surface area contributed by atoms with Crippen LogP contribution in [-0.4, -0.2) is 16.6 Å². The minimum absolute atomic E-state index is 0.686. The van der Waals surface area contributed by atoms with E-state index in [0.29, 0.717) is 5.92 Å². The smallest absolute Gasteiger partial charge is 0.146 e. The van der Waals surface area contributed by atoms with Gasteiger partial charge < -0.3 is 15.0 Å². The van der Waals surface area contributed by atoms with Crippen LogP contribution in [0.3, 0.4) is 0 Å². The summed E-state index contributed by atoms with van der Waals surface area (Å²) in [6.07, 6.45) is 5.62. The number of rotatable bonds is 3. The number of ether oxygens (including phenoxy) is 1. The lowest BCUT2D eigenvalue weighted by atomic mass is 10.0. The number of hydrogen-bond acceptors (Lipinski definition) is 3. The molecule has 24 heavy (non-hydrogen) atoms. The van der Waals surface area contributed by atoms with Crippen molar-refractivity contribution in [3.63, 3.8) is 0 Å². The van der Waals surface area contributed by atoms with E-state index >= 15 is 0 Å². The molecule has 0 atom stereocenters. The summed E-state index contributed by atoms with van der Waals surface area (Å²) in [4.78, 5) is 8.10. The normalized spacial score (nSPS) is 16.2. The lowest BCUT2D eigenvalue weighted by molar-refractivity contribution is 0.358. The summed E-state index contributed by atoms with van der Waals surface area (Å²) in [7, 11) is 0. The van der Waals surface area contributed by atoms with Crippen LogP contribution in [-0.2, 0) is 6.42 Å². The van der Waals surface area contributed by atoms with Crippen LogP contribution in [0.15, 0.2) is 24.4 Å². The second-order valence-corrected chi connectivity index (χ2v) is 7.03. The number of fused-ring (bicyclic) bond motifs is 2. The van der Waals surface area contributed by atoms with Gasteiger partial charge in [-0.15, -0.1) is 0 Å². The molecule has 0 amide bonds. The standard InChI is InChI=1S/C20H21N3O/c1-11-3-6-16(19-14(11)7-8-24-19)22-17-9-15(13-4-5-13)18-12(2)10-21-20(18)23-17/h3,6,9-10,13H,4-5,7-8H2,1-2H3,(H2,21,22,23). The first-order valence-electron chi connectivity index (χ1n) is 8.71. The molecular formula is C20H21N3O. The van der Waals surface area contributed by atoms with Crippen molar-refractivity contribution in [2.75, 3.05) is 11.9 Å². The Labute approximate surface area is 141 Å². The van der Waals surface area contributed by atoms with E-state index in [2.05, 4.69) is 48.5 Å². The Morgan fingerprint density at radius 1 is 1.21 bits per heavy atom. The predicted octanol–water partition coefficient (Wildman–Crippen LogP) is 4.74. The van der Waals surface area contributed by atoms with Gasteiger partial charge in [-0.3, -0.25) is 0 Å². The van der Waals surface area contributed by atoms with Crippen molar-refractivity contribution in [2.24, 2.45) is 0 Å². The number of hydrogen-bond donors (Lipinski definition) is 2. The highest BCUT2D eigenvalue weighted by Crippen LogP contribution is 2.45. The number of H-pyrrole nitrogens is 1. The van der Waals surface area contributed by atoms with Gasteiger partial charge >= 0.3 is 0 Å². The summed E-state index contributed by atoms with van der Waals surface area (Å²) in [5.41, 5.74) is 7.32. The van der Waals surface area contributed by atoms with E-state index in [0.717, 1.165) is 35.9 Å². The molecule has 1 saturated carbocycles. The average Bonchev–Trinajstić information content (AvgIpc) is 3.18. The van der Waals surface area contributed by atoms with Gasteiger partial charge in [0.2, 0.25) is 0 Å². The third-order valence-electron chi connectivity index (χ3n) is 5.24. The fraction of sp³-hybridized carbons (Fsp3) is 0.350. The van der Waals surface area contributed by atoms with Crippen molar-refractivity contribution < 1.29 is 4.74 Å². The van der Waals surface area contributed by atoms with Gasteiger partial charge in [-0.2, -0.15) is 0 Å². The van der Waals surface area contributed by atoms with Crippen LogP contribution in [0.25, 0.3) is 11.0 Å². The monoisotopic (exact) mass is 319 g/mol. The second kappa shape index (κ2) is 5.00. The third kappa shape index (κ3) is 2.09. The van der Waals surface area contributed by atoms with Gasteiger partial charge in [-0.25, -0.2) is 4.98 Å². The molecule has 3 aromatic rings.